The second kappa shape index (κ2) is 3.66. The smallest absolute Gasteiger partial charge is 0.0721 e. The van der Waals surface area contributed by atoms with Crippen LogP contribution in [0.15, 0.2) is 36.4 Å². The van der Waals surface area contributed by atoms with E-state index in [1.165, 1.54) is 30.3 Å². The maximum atomic E-state index is 10.8. The Balaban J connectivity index is 2.73. The molecule has 0 amide bonds. The largest absolute Gasteiger partial charge is 0.545 e. The van der Waals surface area contributed by atoms with Crippen molar-refractivity contribution in [2.75, 3.05) is 0 Å². The fourth-order valence-electron chi connectivity index (χ4n) is 1.59. The van der Waals surface area contributed by atoms with Gasteiger partial charge >= 0.3 is 0 Å². The van der Waals surface area contributed by atoms with Gasteiger partial charge in [-0.2, -0.15) is 0 Å². The molecule has 0 aromatic heterocycles. The molecule has 0 bridgehead atoms. The Morgan fingerprint density at radius 1 is 0.938 bits per heavy atom. The lowest BCUT2D eigenvalue weighted by Gasteiger charge is -2.09. The molecular weight excluding hydrogens is 208 g/mol. The van der Waals surface area contributed by atoms with Crippen LogP contribution in [0, 0.1) is 0 Å². The number of hydrogen-bond acceptors (Lipinski definition) is 4. The van der Waals surface area contributed by atoms with Crippen molar-refractivity contribution < 1.29 is 19.8 Å². The molecular formula is C12H6O4-2. The van der Waals surface area contributed by atoms with Crippen LogP contribution in [0.25, 0.3) is 10.8 Å². The summed E-state index contributed by atoms with van der Waals surface area (Å²) in [5, 5.41) is 22.4. The number of carbonyl (C=O) groups excluding carboxylic acids is 2. The van der Waals surface area contributed by atoms with Crippen LogP contribution in [0.5, 0.6) is 0 Å². The summed E-state index contributed by atoms with van der Waals surface area (Å²) in [7, 11) is 0. The first kappa shape index (κ1) is 10.2. The Morgan fingerprint density at radius 3 is 2.31 bits per heavy atom. The molecule has 2 rings (SSSR count). The van der Waals surface area contributed by atoms with E-state index in [2.05, 4.69) is 0 Å². The van der Waals surface area contributed by atoms with Gasteiger partial charge in [-0.25, -0.2) is 0 Å². The van der Waals surface area contributed by atoms with Gasteiger partial charge < -0.3 is 19.8 Å². The summed E-state index contributed by atoms with van der Waals surface area (Å²) < 4.78 is 0. The molecule has 2 aromatic carbocycles. The van der Waals surface area contributed by atoms with Gasteiger partial charge in [0.15, 0.2) is 0 Å². The molecule has 4 heteroatoms. The lowest BCUT2D eigenvalue weighted by atomic mass is 10.0. The minimum atomic E-state index is -1.29. The molecule has 80 valence electrons. The molecule has 0 spiro atoms. The maximum Gasteiger partial charge on any atom is 0.0721 e. The molecule has 0 N–H and O–H groups in total. The highest BCUT2D eigenvalue weighted by Crippen LogP contribution is 2.19. The van der Waals surface area contributed by atoms with Crippen LogP contribution in [0.2, 0.25) is 0 Å². The molecule has 2 aromatic rings. The minimum absolute atomic E-state index is 0.0167. The molecule has 0 fully saturated rings. The Kier molecular flexibility index (Phi) is 2.32. The van der Waals surface area contributed by atoms with Crippen molar-refractivity contribution in [2.45, 2.75) is 0 Å². The standard InChI is InChI=1S/C12H8O4/c13-11(14)8-4-5-9-7(6-8)2-1-3-10(9)12(15)16/h1-6H,(H,13,14)(H,15,16)/p-2. The highest BCUT2D eigenvalue weighted by atomic mass is 16.4. The number of rotatable bonds is 2. The van der Waals surface area contributed by atoms with Crippen LogP contribution in [-0.2, 0) is 0 Å². The number of aromatic carboxylic acids is 2. The molecule has 0 atom stereocenters. The van der Waals surface area contributed by atoms with Gasteiger partial charge in [0.25, 0.3) is 0 Å². The third-order valence-electron chi connectivity index (χ3n) is 2.34. The van der Waals surface area contributed by atoms with E-state index in [4.69, 9.17) is 0 Å². The Hall–Kier alpha value is -2.36. The average molecular weight is 214 g/mol. The van der Waals surface area contributed by atoms with Crippen molar-refractivity contribution in [3.63, 3.8) is 0 Å². The van der Waals surface area contributed by atoms with Crippen LogP contribution in [-0.4, -0.2) is 11.9 Å². The van der Waals surface area contributed by atoms with Crippen molar-refractivity contribution in [1.29, 1.82) is 0 Å². The zero-order valence-electron chi connectivity index (χ0n) is 8.10. The van der Waals surface area contributed by atoms with Crippen molar-refractivity contribution in [2.24, 2.45) is 0 Å². The van der Waals surface area contributed by atoms with Crippen molar-refractivity contribution in [1.82, 2.24) is 0 Å². The first-order chi connectivity index (χ1) is 7.59. The molecule has 4 nitrogen and oxygen atoms in total. The topological polar surface area (TPSA) is 80.3 Å². The normalized spacial score (nSPS) is 10.2. The molecule has 0 heterocycles. The van der Waals surface area contributed by atoms with Crippen molar-refractivity contribution >= 4 is 22.7 Å². The van der Waals surface area contributed by atoms with Gasteiger partial charge in [0.1, 0.15) is 0 Å². The van der Waals surface area contributed by atoms with E-state index in [-0.39, 0.29) is 11.1 Å². The number of carboxylic acids is 2. The van der Waals surface area contributed by atoms with Gasteiger partial charge in [-0.1, -0.05) is 30.3 Å². The first-order valence-electron chi connectivity index (χ1n) is 4.55. The second-order valence-corrected chi connectivity index (χ2v) is 3.32. The Labute approximate surface area is 90.8 Å². The fourth-order valence-corrected chi connectivity index (χ4v) is 1.59. The summed E-state index contributed by atoms with van der Waals surface area (Å²) >= 11 is 0. The molecule has 0 unspecified atom stereocenters. The Morgan fingerprint density at radius 2 is 1.69 bits per heavy atom. The average Bonchev–Trinajstić information content (AvgIpc) is 2.27. The molecule has 0 radical (unpaired) electrons. The van der Waals surface area contributed by atoms with Crippen LogP contribution in [0.3, 0.4) is 0 Å². The molecule has 0 saturated carbocycles. The second-order valence-electron chi connectivity index (χ2n) is 3.32. The number of carboxylic acid groups (broad SMARTS) is 2. The molecule has 0 aliphatic rings. The van der Waals surface area contributed by atoms with Crippen LogP contribution < -0.4 is 10.2 Å². The molecule has 0 saturated heterocycles. The van der Waals surface area contributed by atoms with E-state index < -0.39 is 11.9 Å². The maximum absolute atomic E-state index is 10.8. The SMILES string of the molecule is O=C([O-])c1ccc2c(C(=O)[O-])cccc2c1. The zero-order valence-corrected chi connectivity index (χ0v) is 8.10. The summed E-state index contributed by atoms with van der Waals surface area (Å²) in [4.78, 5) is 21.4. The zero-order chi connectivity index (χ0) is 11.7. The van der Waals surface area contributed by atoms with Gasteiger partial charge in [-0.05, 0) is 22.4 Å². The predicted molar refractivity (Wildman–Crippen MR) is 52.6 cm³/mol. The fraction of sp³-hybridized carbons (Fsp3) is 0. The Bertz CT molecular complexity index is 587. The lowest BCUT2D eigenvalue weighted by Crippen LogP contribution is -2.23. The van der Waals surface area contributed by atoms with Gasteiger partial charge in [0, 0.05) is 5.56 Å². The minimum Gasteiger partial charge on any atom is -0.545 e. The summed E-state index contributed by atoms with van der Waals surface area (Å²) in [6.07, 6.45) is 0. The number of fused-ring (bicyclic) bond motifs is 1. The summed E-state index contributed by atoms with van der Waals surface area (Å²) in [5.74, 6) is -2.58. The number of hydrogen-bond donors (Lipinski definition) is 0. The monoisotopic (exact) mass is 214 g/mol. The van der Waals surface area contributed by atoms with Crippen LogP contribution >= 0.6 is 0 Å². The number of carbonyl (C=O) groups is 2. The van der Waals surface area contributed by atoms with Crippen molar-refractivity contribution in [3.8, 4) is 0 Å². The highest BCUT2D eigenvalue weighted by Gasteiger charge is 2.02. The van der Waals surface area contributed by atoms with Crippen LogP contribution in [0.4, 0.5) is 0 Å². The predicted octanol–water partition coefficient (Wildman–Crippen LogP) is -0.433. The van der Waals surface area contributed by atoms with E-state index in [9.17, 15) is 19.8 Å². The molecule has 16 heavy (non-hydrogen) atoms. The highest BCUT2D eigenvalue weighted by molar-refractivity contribution is 6.04. The molecule has 0 aliphatic carbocycles. The van der Waals surface area contributed by atoms with E-state index in [0.29, 0.717) is 10.8 Å². The van der Waals surface area contributed by atoms with E-state index in [0.717, 1.165) is 0 Å². The lowest BCUT2D eigenvalue weighted by molar-refractivity contribution is -0.256. The van der Waals surface area contributed by atoms with E-state index in [1.54, 1.807) is 6.07 Å². The van der Waals surface area contributed by atoms with Gasteiger partial charge in [-0.15, -0.1) is 0 Å². The number of benzene rings is 2. The summed E-state index contributed by atoms with van der Waals surface area (Å²) in [5.41, 5.74) is 0.0606. The van der Waals surface area contributed by atoms with E-state index in [1.807, 2.05) is 0 Å². The molecule has 0 aliphatic heterocycles. The first-order valence-corrected chi connectivity index (χ1v) is 4.55. The van der Waals surface area contributed by atoms with Gasteiger partial charge in [0.2, 0.25) is 0 Å². The van der Waals surface area contributed by atoms with Crippen molar-refractivity contribution in [3.05, 3.63) is 47.5 Å². The third-order valence-corrected chi connectivity index (χ3v) is 2.34. The summed E-state index contributed by atoms with van der Waals surface area (Å²) in [6, 6.07) is 8.70. The summed E-state index contributed by atoms with van der Waals surface area (Å²) in [6.45, 7) is 0. The van der Waals surface area contributed by atoms with E-state index >= 15 is 0 Å². The van der Waals surface area contributed by atoms with Gasteiger partial charge in [0.05, 0.1) is 11.9 Å². The van der Waals surface area contributed by atoms with Crippen LogP contribution in [0.1, 0.15) is 20.7 Å². The third kappa shape index (κ3) is 1.61. The van der Waals surface area contributed by atoms with Gasteiger partial charge in [-0.3, -0.25) is 0 Å². The quantitative estimate of drug-likeness (QED) is 0.679.